The van der Waals surface area contributed by atoms with Gasteiger partial charge in [-0.05, 0) is 24.8 Å². The third-order valence-corrected chi connectivity index (χ3v) is 3.51. The van der Waals surface area contributed by atoms with E-state index in [0.29, 0.717) is 23.5 Å². The Morgan fingerprint density at radius 1 is 1.32 bits per heavy atom. The highest BCUT2D eigenvalue weighted by Gasteiger charge is 2.28. The van der Waals surface area contributed by atoms with E-state index in [1.165, 1.54) is 24.5 Å². The van der Waals surface area contributed by atoms with Crippen molar-refractivity contribution in [1.29, 1.82) is 0 Å². The lowest BCUT2D eigenvalue weighted by Crippen LogP contribution is -2.38. The fourth-order valence-electron chi connectivity index (χ4n) is 2.21. The summed E-state index contributed by atoms with van der Waals surface area (Å²) in [6.07, 6.45) is 5.18. The summed E-state index contributed by atoms with van der Waals surface area (Å²) >= 11 is 0. The van der Waals surface area contributed by atoms with E-state index in [9.17, 15) is 9.18 Å². The van der Waals surface area contributed by atoms with Gasteiger partial charge in [-0.2, -0.15) is 0 Å². The average molecular weight is 347 g/mol. The molecule has 3 rings (SSSR count). The molecule has 1 amide bonds. The second-order valence-corrected chi connectivity index (χ2v) is 5.09. The van der Waals surface area contributed by atoms with Crippen LogP contribution in [0.1, 0.15) is 23.2 Å². The zero-order valence-corrected chi connectivity index (χ0v) is 13.3. The number of carbonyl (C=O) groups is 1. The van der Waals surface area contributed by atoms with Crippen molar-refractivity contribution in [2.24, 2.45) is 11.7 Å². The number of nitrogens with one attached hydrogen (secondary N) is 1. The number of hydrogen-bond acceptors (Lipinski definition) is 4. The molecule has 8 heteroatoms. The van der Waals surface area contributed by atoms with E-state index in [0.717, 1.165) is 12.8 Å². The van der Waals surface area contributed by atoms with Crippen LogP contribution in [0.3, 0.4) is 0 Å². The number of carbonyl (C=O) groups excluding carboxylic acids is 1. The molecule has 1 heterocycles. The Kier molecular flexibility index (Phi) is 6.47. The number of halogens is 3. The Labute approximate surface area is 139 Å². The molecule has 1 aliphatic rings. The number of benzene rings is 1. The van der Waals surface area contributed by atoms with Gasteiger partial charge in [0.25, 0.3) is 5.91 Å². The number of hydrogen-bond donors (Lipinski definition) is 2. The van der Waals surface area contributed by atoms with E-state index in [-0.39, 0.29) is 42.3 Å². The summed E-state index contributed by atoms with van der Waals surface area (Å²) in [4.78, 5) is 20.3. The third-order valence-electron chi connectivity index (χ3n) is 3.51. The minimum absolute atomic E-state index is 0. The minimum atomic E-state index is -0.505. The molecule has 1 aromatic heterocycles. The number of amides is 1. The molecule has 1 saturated carbocycles. The van der Waals surface area contributed by atoms with Crippen molar-refractivity contribution in [3.8, 4) is 0 Å². The molecule has 0 aliphatic heterocycles. The molecule has 1 aliphatic carbocycles. The van der Waals surface area contributed by atoms with Gasteiger partial charge in [0.15, 0.2) is 0 Å². The fourth-order valence-corrected chi connectivity index (χ4v) is 2.21. The van der Waals surface area contributed by atoms with Crippen molar-refractivity contribution in [3.05, 3.63) is 35.9 Å². The van der Waals surface area contributed by atoms with E-state index >= 15 is 0 Å². The third kappa shape index (κ3) is 4.03. The largest absolute Gasteiger partial charge is 0.350 e. The lowest BCUT2D eigenvalue weighted by Gasteiger charge is -2.12. The van der Waals surface area contributed by atoms with Crippen molar-refractivity contribution >= 4 is 41.8 Å². The lowest BCUT2D eigenvalue weighted by molar-refractivity contribution is 0.0951. The molecule has 0 radical (unpaired) electrons. The Morgan fingerprint density at radius 3 is 2.68 bits per heavy atom. The lowest BCUT2D eigenvalue weighted by atomic mass is 10.1. The fraction of sp³-hybridized carbons (Fsp3) is 0.357. The van der Waals surface area contributed by atoms with E-state index < -0.39 is 5.82 Å². The summed E-state index contributed by atoms with van der Waals surface area (Å²) in [5.41, 5.74) is 6.88. The number of aromatic nitrogens is 2. The first-order valence-corrected chi connectivity index (χ1v) is 6.59. The van der Waals surface area contributed by atoms with Crippen molar-refractivity contribution < 1.29 is 9.18 Å². The predicted molar refractivity (Wildman–Crippen MR) is 87.0 cm³/mol. The molecule has 22 heavy (non-hydrogen) atoms. The monoisotopic (exact) mass is 346 g/mol. The molecular weight excluding hydrogens is 330 g/mol. The zero-order valence-electron chi connectivity index (χ0n) is 11.7. The molecule has 120 valence electrons. The molecular formula is C14H17Cl2FN4O. The molecule has 0 saturated heterocycles. The summed E-state index contributed by atoms with van der Waals surface area (Å²) < 4.78 is 13.5. The van der Waals surface area contributed by atoms with Crippen LogP contribution in [0.5, 0.6) is 0 Å². The van der Waals surface area contributed by atoms with Crippen LogP contribution in [0.15, 0.2) is 24.5 Å². The Hall–Kier alpha value is -1.50. The molecule has 3 N–H and O–H groups in total. The SMILES string of the molecule is Cl.Cl.NC(CNC(=O)c1cc(F)cc2nccnc12)C1CC1. The first-order chi connectivity index (χ1) is 9.65. The first kappa shape index (κ1) is 18.5. The van der Waals surface area contributed by atoms with E-state index in [1.54, 1.807) is 0 Å². The normalized spacial score (nSPS) is 14.6. The van der Waals surface area contributed by atoms with E-state index in [4.69, 9.17) is 5.73 Å². The van der Waals surface area contributed by atoms with Gasteiger partial charge < -0.3 is 11.1 Å². The highest BCUT2D eigenvalue weighted by molar-refractivity contribution is 6.04. The second-order valence-electron chi connectivity index (χ2n) is 5.09. The Balaban J connectivity index is 0.00000121. The summed E-state index contributed by atoms with van der Waals surface area (Å²) in [6.45, 7) is 0.391. The van der Waals surface area contributed by atoms with Gasteiger partial charge in [-0.1, -0.05) is 0 Å². The van der Waals surface area contributed by atoms with Gasteiger partial charge in [0.05, 0.1) is 11.1 Å². The molecule has 0 spiro atoms. The molecule has 1 aromatic carbocycles. The number of nitrogens with zero attached hydrogens (tertiary/aromatic N) is 2. The first-order valence-electron chi connectivity index (χ1n) is 6.59. The molecule has 2 aromatic rings. The van der Waals surface area contributed by atoms with Crippen LogP contribution in [0.2, 0.25) is 0 Å². The summed E-state index contributed by atoms with van der Waals surface area (Å²) in [7, 11) is 0. The molecule has 0 bridgehead atoms. The quantitative estimate of drug-likeness (QED) is 0.887. The van der Waals surface area contributed by atoms with Crippen molar-refractivity contribution in [2.75, 3.05) is 6.54 Å². The number of fused-ring (bicyclic) bond motifs is 1. The average Bonchev–Trinajstić information content (AvgIpc) is 3.28. The van der Waals surface area contributed by atoms with E-state index in [2.05, 4.69) is 15.3 Å². The van der Waals surface area contributed by atoms with Crippen molar-refractivity contribution in [3.63, 3.8) is 0 Å². The van der Waals surface area contributed by atoms with Gasteiger partial charge in [0, 0.05) is 31.0 Å². The van der Waals surface area contributed by atoms with Crippen LogP contribution in [0.4, 0.5) is 4.39 Å². The predicted octanol–water partition coefficient (Wildman–Crippen LogP) is 2.08. The summed E-state index contributed by atoms with van der Waals surface area (Å²) in [6, 6.07) is 2.40. The summed E-state index contributed by atoms with van der Waals surface area (Å²) in [5, 5.41) is 2.74. The van der Waals surface area contributed by atoms with Crippen molar-refractivity contribution in [2.45, 2.75) is 18.9 Å². The topological polar surface area (TPSA) is 80.9 Å². The van der Waals surface area contributed by atoms with Gasteiger partial charge in [0.1, 0.15) is 11.3 Å². The number of nitrogens with two attached hydrogens (primary N) is 1. The Bertz CT molecular complexity index is 666. The maximum atomic E-state index is 13.5. The molecule has 5 nitrogen and oxygen atoms in total. The van der Waals surface area contributed by atoms with Gasteiger partial charge >= 0.3 is 0 Å². The highest BCUT2D eigenvalue weighted by atomic mass is 35.5. The standard InChI is InChI=1S/C14H15FN4O.2ClH/c15-9-5-10(13-12(6-9)17-3-4-18-13)14(20)19-7-11(16)8-1-2-8;;/h3-6,8,11H,1-2,7,16H2,(H,19,20);2*1H. The van der Waals surface area contributed by atoms with Crippen LogP contribution in [-0.4, -0.2) is 28.5 Å². The molecule has 1 fully saturated rings. The van der Waals surface area contributed by atoms with Gasteiger partial charge in [-0.25, -0.2) is 4.39 Å². The smallest absolute Gasteiger partial charge is 0.253 e. The zero-order chi connectivity index (χ0) is 14.1. The highest BCUT2D eigenvalue weighted by Crippen LogP contribution is 2.31. The van der Waals surface area contributed by atoms with Crippen LogP contribution in [0.25, 0.3) is 11.0 Å². The van der Waals surface area contributed by atoms with Crippen LogP contribution in [0, 0.1) is 11.7 Å². The van der Waals surface area contributed by atoms with Gasteiger partial charge in [0.2, 0.25) is 0 Å². The van der Waals surface area contributed by atoms with Gasteiger partial charge in [-0.3, -0.25) is 14.8 Å². The summed E-state index contributed by atoms with van der Waals surface area (Å²) in [5.74, 6) is -0.375. The van der Waals surface area contributed by atoms with Crippen LogP contribution in [-0.2, 0) is 0 Å². The van der Waals surface area contributed by atoms with E-state index in [1.807, 2.05) is 0 Å². The van der Waals surface area contributed by atoms with Crippen molar-refractivity contribution in [1.82, 2.24) is 15.3 Å². The molecule has 1 atom stereocenters. The molecule has 1 unspecified atom stereocenters. The second kappa shape index (κ2) is 7.67. The van der Waals surface area contributed by atoms with Crippen LogP contribution >= 0.6 is 24.8 Å². The number of rotatable bonds is 4. The Morgan fingerprint density at radius 2 is 2.00 bits per heavy atom. The maximum Gasteiger partial charge on any atom is 0.253 e. The minimum Gasteiger partial charge on any atom is -0.350 e. The maximum absolute atomic E-state index is 13.5. The van der Waals surface area contributed by atoms with Crippen LogP contribution < -0.4 is 11.1 Å². The van der Waals surface area contributed by atoms with Gasteiger partial charge in [-0.15, -0.1) is 24.8 Å².